The Morgan fingerprint density at radius 1 is 1.37 bits per heavy atom. The number of nitrogens with zero attached hydrogens (tertiary/aromatic N) is 4. The summed E-state index contributed by atoms with van der Waals surface area (Å²) in [6.45, 7) is 3.26. The molecule has 2 saturated carbocycles. The first-order valence-electron chi connectivity index (χ1n) is 7.31. The largest absolute Gasteiger partial charge is 0.383 e. The van der Waals surface area contributed by atoms with Gasteiger partial charge in [0.05, 0.1) is 13.2 Å². The maximum atomic E-state index is 5.01. The van der Waals surface area contributed by atoms with Crippen molar-refractivity contribution in [1.29, 1.82) is 0 Å². The number of aromatic nitrogens is 4. The van der Waals surface area contributed by atoms with Gasteiger partial charge in [0.25, 0.3) is 0 Å². The van der Waals surface area contributed by atoms with Gasteiger partial charge in [-0.05, 0) is 47.4 Å². The van der Waals surface area contributed by atoms with Gasteiger partial charge in [0.2, 0.25) is 0 Å². The Morgan fingerprint density at radius 2 is 2.32 bits per heavy atom. The molecule has 1 aromatic rings. The molecule has 0 amide bonds. The highest BCUT2D eigenvalue weighted by molar-refractivity contribution is 4.91. The van der Waals surface area contributed by atoms with Gasteiger partial charge in [-0.25, -0.2) is 4.68 Å². The summed E-state index contributed by atoms with van der Waals surface area (Å²) in [5, 5.41) is 15.4. The number of hydrogen-bond acceptors (Lipinski definition) is 5. The molecule has 6 heteroatoms. The van der Waals surface area contributed by atoms with Gasteiger partial charge >= 0.3 is 0 Å². The molecule has 2 aliphatic carbocycles. The highest BCUT2D eigenvalue weighted by Gasteiger charge is 2.39. The maximum absolute atomic E-state index is 5.01. The Morgan fingerprint density at radius 3 is 3.05 bits per heavy atom. The molecule has 0 aromatic carbocycles. The Balaban J connectivity index is 1.52. The van der Waals surface area contributed by atoms with Crippen LogP contribution in [0.3, 0.4) is 0 Å². The molecular weight excluding hydrogens is 242 g/mol. The molecule has 1 N–H and O–H groups in total. The highest BCUT2D eigenvalue weighted by atomic mass is 16.5. The lowest BCUT2D eigenvalue weighted by Crippen LogP contribution is -2.24. The van der Waals surface area contributed by atoms with Crippen LogP contribution >= 0.6 is 0 Å². The smallest absolute Gasteiger partial charge is 0.165 e. The van der Waals surface area contributed by atoms with Crippen molar-refractivity contribution in [3.63, 3.8) is 0 Å². The summed E-state index contributed by atoms with van der Waals surface area (Å²) in [4.78, 5) is 0. The standard InChI is InChI=1S/C13H23N5O/c1-19-5-4-14-8-13-15-16-17-18(13)9-12-7-10-2-3-11(12)6-10/h10-12,14H,2-9H2,1H3. The third-order valence-electron chi connectivity index (χ3n) is 4.66. The number of methoxy groups -OCH3 is 1. The van der Waals surface area contributed by atoms with Crippen molar-refractivity contribution < 1.29 is 4.74 Å². The molecule has 1 aromatic heterocycles. The molecular formula is C13H23N5O. The molecule has 1 heterocycles. The molecule has 106 valence electrons. The summed E-state index contributed by atoms with van der Waals surface area (Å²) in [7, 11) is 1.71. The normalized spacial score (nSPS) is 29.2. The van der Waals surface area contributed by atoms with E-state index in [9.17, 15) is 0 Å². The van der Waals surface area contributed by atoms with E-state index in [0.29, 0.717) is 6.61 Å². The van der Waals surface area contributed by atoms with Crippen molar-refractivity contribution in [3.05, 3.63) is 5.82 Å². The molecule has 2 aliphatic rings. The van der Waals surface area contributed by atoms with Crippen molar-refractivity contribution in [2.24, 2.45) is 17.8 Å². The molecule has 19 heavy (non-hydrogen) atoms. The average Bonchev–Trinajstić information content (AvgIpc) is 3.12. The minimum Gasteiger partial charge on any atom is -0.383 e. The third kappa shape index (κ3) is 2.95. The molecule has 0 radical (unpaired) electrons. The monoisotopic (exact) mass is 265 g/mol. The van der Waals surface area contributed by atoms with Crippen LogP contribution < -0.4 is 5.32 Å². The summed E-state index contributed by atoms with van der Waals surface area (Å²) < 4.78 is 7.00. The second-order valence-electron chi connectivity index (χ2n) is 5.88. The number of ether oxygens (including phenoxy) is 1. The van der Waals surface area contributed by atoms with E-state index in [0.717, 1.165) is 43.2 Å². The van der Waals surface area contributed by atoms with E-state index in [2.05, 4.69) is 20.8 Å². The van der Waals surface area contributed by atoms with Crippen molar-refractivity contribution in [2.75, 3.05) is 20.3 Å². The minimum absolute atomic E-state index is 0.716. The first-order valence-corrected chi connectivity index (χ1v) is 7.31. The van der Waals surface area contributed by atoms with Gasteiger partial charge in [0, 0.05) is 20.2 Å². The number of hydrogen-bond donors (Lipinski definition) is 1. The van der Waals surface area contributed by atoms with Crippen LogP contribution in [-0.4, -0.2) is 40.5 Å². The molecule has 3 atom stereocenters. The molecule has 6 nitrogen and oxygen atoms in total. The maximum Gasteiger partial charge on any atom is 0.165 e. The van der Waals surface area contributed by atoms with E-state index in [-0.39, 0.29) is 0 Å². The second kappa shape index (κ2) is 5.96. The topological polar surface area (TPSA) is 64.9 Å². The number of nitrogens with one attached hydrogen (secondary N) is 1. The van der Waals surface area contributed by atoms with Crippen LogP contribution in [0.4, 0.5) is 0 Å². The fourth-order valence-electron chi connectivity index (χ4n) is 3.69. The first kappa shape index (κ1) is 13.0. The Labute approximate surface area is 113 Å². The van der Waals surface area contributed by atoms with Crippen LogP contribution in [0.25, 0.3) is 0 Å². The molecule has 2 bridgehead atoms. The zero-order chi connectivity index (χ0) is 13.1. The predicted octanol–water partition coefficient (Wildman–Crippen LogP) is 0.845. The Kier molecular flexibility index (Phi) is 4.08. The van der Waals surface area contributed by atoms with Gasteiger partial charge in [0.15, 0.2) is 5.82 Å². The van der Waals surface area contributed by atoms with Gasteiger partial charge < -0.3 is 10.1 Å². The molecule has 3 rings (SSSR count). The molecule has 0 aliphatic heterocycles. The summed E-state index contributed by atoms with van der Waals surface area (Å²) in [5.41, 5.74) is 0. The van der Waals surface area contributed by atoms with Gasteiger partial charge in [-0.2, -0.15) is 0 Å². The zero-order valence-electron chi connectivity index (χ0n) is 11.6. The van der Waals surface area contributed by atoms with Gasteiger partial charge in [-0.15, -0.1) is 5.10 Å². The molecule has 0 saturated heterocycles. The highest BCUT2D eigenvalue weighted by Crippen LogP contribution is 2.48. The van der Waals surface area contributed by atoms with Crippen LogP contribution in [0.1, 0.15) is 31.5 Å². The number of tetrazole rings is 1. The summed E-state index contributed by atoms with van der Waals surface area (Å²) in [6.07, 6.45) is 5.68. The molecule has 2 fully saturated rings. The van der Waals surface area contributed by atoms with Crippen LogP contribution in [0.15, 0.2) is 0 Å². The predicted molar refractivity (Wildman–Crippen MR) is 70.3 cm³/mol. The van der Waals surface area contributed by atoms with E-state index in [1.165, 1.54) is 25.7 Å². The first-order chi connectivity index (χ1) is 9.36. The van der Waals surface area contributed by atoms with Crippen molar-refractivity contribution >= 4 is 0 Å². The Hall–Kier alpha value is -1.01. The van der Waals surface area contributed by atoms with Gasteiger partial charge in [-0.3, -0.25) is 0 Å². The Bertz CT molecular complexity index is 407. The second-order valence-corrected chi connectivity index (χ2v) is 5.88. The molecule has 3 unspecified atom stereocenters. The van der Waals surface area contributed by atoms with E-state index in [4.69, 9.17) is 4.74 Å². The fraction of sp³-hybridized carbons (Fsp3) is 0.923. The lowest BCUT2D eigenvalue weighted by Gasteiger charge is -2.21. The summed E-state index contributed by atoms with van der Waals surface area (Å²) >= 11 is 0. The number of rotatable bonds is 7. The zero-order valence-corrected chi connectivity index (χ0v) is 11.6. The summed E-state index contributed by atoms with van der Waals surface area (Å²) in [6, 6.07) is 0. The lowest BCUT2D eigenvalue weighted by molar-refractivity contribution is 0.198. The SMILES string of the molecule is COCCNCc1nnnn1CC1CC2CCC1C2. The van der Waals surface area contributed by atoms with Crippen LogP contribution in [0.2, 0.25) is 0 Å². The third-order valence-corrected chi connectivity index (χ3v) is 4.66. The van der Waals surface area contributed by atoms with E-state index < -0.39 is 0 Å². The van der Waals surface area contributed by atoms with Crippen molar-refractivity contribution in [1.82, 2.24) is 25.5 Å². The van der Waals surface area contributed by atoms with Gasteiger partial charge in [-0.1, -0.05) is 6.42 Å². The molecule has 0 spiro atoms. The van der Waals surface area contributed by atoms with Gasteiger partial charge in [0.1, 0.15) is 0 Å². The van der Waals surface area contributed by atoms with Crippen molar-refractivity contribution in [2.45, 2.75) is 38.8 Å². The van der Waals surface area contributed by atoms with Crippen LogP contribution in [-0.2, 0) is 17.8 Å². The van der Waals surface area contributed by atoms with Crippen LogP contribution in [0, 0.1) is 17.8 Å². The summed E-state index contributed by atoms with van der Waals surface area (Å²) in [5.74, 6) is 3.64. The van der Waals surface area contributed by atoms with Crippen LogP contribution in [0.5, 0.6) is 0 Å². The van der Waals surface area contributed by atoms with E-state index in [1.54, 1.807) is 7.11 Å². The average molecular weight is 265 g/mol. The van der Waals surface area contributed by atoms with E-state index in [1.807, 2.05) is 4.68 Å². The number of fused-ring (bicyclic) bond motifs is 2. The minimum atomic E-state index is 0.716. The fourth-order valence-corrected chi connectivity index (χ4v) is 3.69. The quantitative estimate of drug-likeness (QED) is 0.740. The van der Waals surface area contributed by atoms with E-state index >= 15 is 0 Å². The lowest BCUT2D eigenvalue weighted by atomic mass is 9.89. The van der Waals surface area contributed by atoms with Crippen molar-refractivity contribution in [3.8, 4) is 0 Å².